The largest absolute Gasteiger partial charge is 0.340 e. The Kier molecular flexibility index (Phi) is 4.10. The van der Waals surface area contributed by atoms with Gasteiger partial charge in [0.1, 0.15) is 9.84 Å². The van der Waals surface area contributed by atoms with Crippen LogP contribution in [0.15, 0.2) is 0 Å². The Hall–Kier alpha value is -0.620. The Morgan fingerprint density at radius 1 is 1.20 bits per heavy atom. The molecular weight excluding hydrogens is 216 g/mol. The van der Waals surface area contributed by atoms with Crippen LogP contribution in [-0.4, -0.2) is 68.9 Å². The maximum Gasteiger partial charge on any atom is 0.219 e. The van der Waals surface area contributed by atoms with Crippen molar-refractivity contribution in [2.45, 2.75) is 6.92 Å². The second-order valence-electron chi connectivity index (χ2n) is 3.98. The Morgan fingerprint density at radius 3 is 2.13 bits per heavy atom. The van der Waals surface area contributed by atoms with Crippen LogP contribution in [0.3, 0.4) is 0 Å². The molecule has 0 aromatic rings. The van der Waals surface area contributed by atoms with Crippen LogP contribution in [0.2, 0.25) is 0 Å². The summed E-state index contributed by atoms with van der Waals surface area (Å²) in [6.07, 6.45) is 1.25. The molecule has 0 N–H and O–H groups in total. The lowest BCUT2D eigenvalue weighted by Crippen LogP contribution is -2.48. The first-order chi connectivity index (χ1) is 6.88. The zero-order valence-electron chi connectivity index (χ0n) is 9.27. The minimum Gasteiger partial charge on any atom is -0.340 e. The van der Waals surface area contributed by atoms with Gasteiger partial charge in [-0.25, -0.2) is 8.42 Å². The normalized spacial score (nSPS) is 19.2. The minimum atomic E-state index is -2.88. The van der Waals surface area contributed by atoms with Gasteiger partial charge in [0.25, 0.3) is 0 Å². The molecule has 0 spiro atoms. The summed E-state index contributed by atoms with van der Waals surface area (Å²) in [5.41, 5.74) is 0. The number of sulfone groups is 1. The van der Waals surface area contributed by atoms with Gasteiger partial charge in [-0.2, -0.15) is 0 Å². The average molecular weight is 234 g/mol. The molecule has 0 aromatic heterocycles. The molecule has 6 heteroatoms. The van der Waals surface area contributed by atoms with Crippen LogP contribution in [0.4, 0.5) is 0 Å². The first kappa shape index (κ1) is 12.4. The highest BCUT2D eigenvalue weighted by Gasteiger charge is 2.18. The van der Waals surface area contributed by atoms with E-state index < -0.39 is 9.84 Å². The van der Waals surface area contributed by atoms with Gasteiger partial charge in [-0.05, 0) is 0 Å². The lowest BCUT2D eigenvalue weighted by molar-refractivity contribution is -0.130. The highest BCUT2D eigenvalue weighted by atomic mass is 32.2. The Labute approximate surface area is 91.0 Å². The summed E-state index contributed by atoms with van der Waals surface area (Å²) in [4.78, 5) is 14.9. The maximum atomic E-state index is 11.0. The smallest absolute Gasteiger partial charge is 0.219 e. The molecule has 0 unspecified atom stereocenters. The number of carbonyl (C=O) groups excluding carboxylic acids is 1. The third-order valence-electron chi connectivity index (χ3n) is 2.60. The Balaban J connectivity index is 2.29. The van der Waals surface area contributed by atoms with Crippen LogP contribution in [0.25, 0.3) is 0 Å². The molecule has 1 saturated heterocycles. The van der Waals surface area contributed by atoms with Gasteiger partial charge in [0.2, 0.25) is 5.91 Å². The summed E-state index contributed by atoms with van der Waals surface area (Å²) in [6, 6.07) is 0. The third kappa shape index (κ3) is 4.61. The van der Waals surface area contributed by atoms with E-state index in [-0.39, 0.29) is 11.7 Å². The molecule has 1 rings (SSSR count). The van der Waals surface area contributed by atoms with Gasteiger partial charge < -0.3 is 4.90 Å². The van der Waals surface area contributed by atoms with Crippen LogP contribution in [0.1, 0.15) is 6.92 Å². The number of hydrogen-bond donors (Lipinski definition) is 0. The van der Waals surface area contributed by atoms with Crippen LogP contribution in [-0.2, 0) is 14.6 Å². The van der Waals surface area contributed by atoms with E-state index in [0.717, 1.165) is 13.1 Å². The van der Waals surface area contributed by atoms with Gasteiger partial charge in [0.15, 0.2) is 0 Å². The van der Waals surface area contributed by atoms with Gasteiger partial charge in [-0.1, -0.05) is 0 Å². The Bertz CT molecular complexity index is 318. The zero-order valence-corrected chi connectivity index (χ0v) is 10.1. The van der Waals surface area contributed by atoms with Crippen LogP contribution >= 0.6 is 0 Å². The standard InChI is InChI=1S/C9H18N2O3S/c1-9(12)11-5-3-10(4-6-11)7-8-15(2,13)14/h3-8H2,1-2H3. The molecule has 0 aliphatic carbocycles. The molecule has 0 aromatic carbocycles. The van der Waals surface area contributed by atoms with Gasteiger partial charge in [-0.15, -0.1) is 0 Å². The molecule has 1 amide bonds. The number of amides is 1. The average Bonchev–Trinajstić information content (AvgIpc) is 2.14. The van der Waals surface area contributed by atoms with Crippen molar-refractivity contribution in [3.63, 3.8) is 0 Å². The monoisotopic (exact) mass is 234 g/mol. The molecule has 1 heterocycles. The predicted octanol–water partition coefficient (Wildman–Crippen LogP) is -0.805. The summed E-state index contributed by atoms with van der Waals surface area (Å²) in [5.74, 6) is 0.297. The SMILES string of the molecule is CC(=O)N1CCN(CCS(C)(=O)=O)CC1. The van der Waals surface area contributed by atoms with Gasteiger partial charge in [0, 0.05) is 45.9 Å². The van der Waals surface area contributed by atoms with E-state index in [1.165, 1.54) is 6.26 Å². The summed E-state index contributed by atoms with van der Waals surface area (Å²) in [6.45, 7) is 5.10. The molecule has 1 aliphatic rings. The van der Waals surface area contributed by atoms with Crippen LogP contribution < -0.4 is 0 Å². The summed E-state index contributed by atoms with van der Waals surface area (Å²) in [7, 11) is -2.88. The van der Waals surface area contributed by atoms with E-state index in [4.69, 9.17) is 0 Å². The Morgan fingerprint density at radius 2 is 1.73 bits per heavy atom. The fraction of sp³-hybridized carbons (Fsp3) is 0.889. The second-order valence-corrected chi connectivity index (χ2v) is 6.24. The quantitative estimate of drug-likeness (QED) is 0.641. The number of piperazine rings is 1. The van der Waals surface area contributed by atoms with Crippen molar-refractivity contribution in [1.82, 2.24) is 9.80 Å². The number of rotatable bonds is 3. The fourth-order valence-corrected chi connectivity index (χ4v) is 2.17. The first-order valence-corrected chi connectivity index (χ1v) is 7.10. The van der Waals surface area contributed by atoms with Crippen molar-refractivity contribution < 1.29 is 13.2 Å². The van der Waals surface area contributed by atoms with E-state index in [1.54, 1.807) is 11.8 Å². The topological polar surface area (TPSA) is 57.7 Å². The summed E-state index contributed by atoms with van der Waals surface area (Å²) >= 11 is 0. The molecule has 0 saturated carbocycles. The van der Waals surface area contributed by atoms with E-state index in [0.29, 0.717) is 19.6 Å². The minimum absolute atomic E-state index is 0.0952. The molecule has 1 aliphatic heterocycles. The maximum absolute atomic E-state index is 11.0. The molecule has 88 valence electrons. The van der Waals surface area contributed by atoms with Gasteiger partial charge in [-0.3, -0.25) is 9.69 Å². The molecular formula is C9H18N2O3S. The van der Waals surface area contributed by atoms with Crippen molar-refractivity contribution in [2.75, 3.05) is 44.7 Å². The number of nitrogens with zero attached hydrogens (tertiary/aromatic N) is 2. The lowest BCUT2D eigenvalue weighted by Gasteiger charge is -2.33. The number of hydrogen-bond acceptors (Lipinski definition) is 4. The van der Waals surface area contributed by atoms with Crippen molar-refractivity contribution in [2.24, 2.45) is 0 Å². The van der Waals surface area contributed by atoms with Crippen molar-refractivity contribution >= 4 is 15.7 Å². The molecule has 1 fully saturated rings. The van der Waals surface area contributed by atoms with E-state index >= 15 is 0 Å². The molecule has 15 heavy (non-hydrogen) atoms. The molecule has 0 atom stereocenters. The van der Waals surface area contributed by atoms with E-state index in [1.807, 2.05) is 0 Å². The highest BCUT2D eigenvalue weighted by Crippen LogP contribution is 2.02. The van der Waals surface area contributed by atoms with Crippen molar-refractivity contribution in [3.05, 3.63) is 0 Å². The second kappa shape index (κ2) is 4.94. The molecule has 5 nitrogen and oxygen atoms in total. The van der Waals surface area contributed by atoms with Crippen LogP contribution in [0, 0.1) is 0 Å². The van der Waals surface area contributed by atoms with Crippen molar-refractivity contribution in [1.29, 1.82) is 0 Å². The molecule has 0 radical (unpaired) electrons. The van der Waals surface area contributed by atoms with Gasteiger partial charge >= 0.3 is 0 Å². The van der Waals surface area contributed by atoms with Gasteiger partial charge in [0.05, 0.1) is 5.75 Å². The predicted molar refractivity (Wildman–Crippen MR) is 58.4 cm³/mol. The third-order valence-corrected chi connectivity index (χ3v) is 3.52. The number of carbonyl (C=O) groups is 1. The summed E-state index contributed by atoms with van der Waals surface area (Å²) < 4.78 is 21.9. The highest BCUT2D eigenvalue weighted by molar-refractivity contribution is 7.90. The van der Waals surface area contributed by atoms with Crippen molar-refractivity contribution in [3.8, 4) is 0 Å². The lowest BCUT2D eigenvalue weighted by atomic mass is 10.3. The zero-order chi connectivity index (χ0) is 11.5. The van der Waals surface area contributed by atoms with Crippen LogP contribution in [0.5, 0.6) is 0 Å². The summed E-state index contributed by atoms with van der Waals surface area (Å²) in [5, 5.41) is 0. The first-order valence-electron chi connectivity index (χ1n) is 5.04. The van der Waals surface area contributed by atoms with E-state index in [2.05, 4.69) is 4.90 Å². The fourth-order valence-electron chi connectivity index (χ4n) is 1.58. The molecule has 0 bridgehead atoms. The van der Waals surface area contributed by atoms with E-state index in [9.17, 15) is 13.2 Å².